The summed E-state index contributed by atoms with van der Waals surface area (Å²) in [6.45, 7) is 6.85. The van der Waals surface area contributed by atoms with Crippen molar-refractivity contribution in [1.29, 1.82) is 0 Å². The summed E-state index contributed by atoms with van der Waals surface area (Å²) in [7, 11) is 0. The molecule has 0 spiro atoms. The van der Waals surface area contributed by atoms with Crippen molar-refractivity contribution in [1.82, 2.24) is 9.80 Å². The van der Waals surface area contributed by atoms with Crippen LogP contribution in [-0.4, -0.2) is 79.0 Å². The smallest absolute Gasteiger partial charge is 0.253 e. The molecule has 138 valence electrons. The normalized spacial score (nSPS) is 22.8. The van der Waals surface area contributed by atoms with Gasteiger partial charge in [0.2, 0.25) is 0 Å². The van der Waals surface area contributed by atoms with Crippen molar-refractivity contribution < 1.29 is 19.4 Å². The Balaban J connectivity index is 1.47. The fourth-order valence-corrected chi connectivity index (χ4v) is 3.35. The van der Waals surface area contributed by atoms with Crippen molar-refractivity contribution in [2.45, 2.75) is 32.0 Å². The number of nitrogens with zero attached hydrogens (tertiary/aromatic N) is 2. The van der Waals surface area contributed by atoms with Gasteiger partial charge < -0.3 is 19.5 Å². The summed E-state index contributed by atoms with van der Waals surface area (Å²) in [5, 5.41) is 9.45. The van der Waals surface area contributed by atoms with Crippen LogP contribution in [-0.2, 0) is 4.74 Å². The lowest BCUT2D eigenvalue weighted by molar-refractivity contribution is 0.0553. The second kappa shape index (κ2) is 8.65. The lowest BCUT2D eigenvalue weighted by atomic mass is 10.1. The Morgan fingerprint density at radius 1 is 1.28 bits per heavy atom. The molecule has 1 aromatic carbocycles. The van der Waals surface area contributed by atoms with Gasteiger partial charge in [-0.25, -0.2) is 0 Å². The molecule has 6 heteroatoms. The van der Waals surface area contributed by atoms with Crippen LogP contribution in [0.5, 0.6) is 5.75 Å². The number of carbonyl (C=O) groups is 1. The van der Waals surface area contributed by atoms with E-state index in [0.717, 1.165) is 38.3 Å². The van der Waals surface area contributed by atoms with Gasteiger partial charge in [0.05, 0.1) is 12.2 Å². The molecule has 1 amide bonds. The molecular formula is C19H28N2O4. The number of ether oxygens (including phenoxy) is 2. The van der Waals surface area contributed by atoms with E-state index < -0.39 is 0 Å². The Hall–Kier alpha value is -1.63. The number of benzene rings is 1. The number of amides is 1. The standard InChI is InChI=1S/C19H28N2O4/c1-15(22)13-20-8-10-21(11-9-20)19(23)16-4-6-17(7-5-16)25-14-18-3-2-12-24-18/h4-7,15,18,22H,2-3,8-14H2,1H3/t15-,18-/m1/s1. The summed E-state index contributed by atoms with van der Waals surface area (Å²) in [4.78, 5) is 16.7. The molecule has 2 aliphatic rings. The molecule has 1 N–H and O–H groups in total. The zero-order valence-corrected chi connectivity index (χ0v) is 14.9. The minimum Gasteiger partial charge on any atom is -0.491 e. The fourth-order valence-electron chi connectivity index (χ4n) is 3.35. The number of piperazine rings is 1. The van der Waals surface area contributed by atoms with Crippen molar-refractivity contribution in [3.05, 3.63) is 29.8 Å². The van der Waals surface area contributed by atoms with E-state index in [1.807, 2.05) is 29.2 Å². The maximum Gasteiger partial charge on any atom is 0.253 e. The van der Waals surface area contributed by atoms with Gasteiger partial charge in [-0.2, -0.15) is 0 Å². The van der Waals surface area contributed by atoms with Crippen molar-refractivity contribution in [3.63, 3.8) is 0 Å². The van der Waals surface area contributed by atoms with Crippen LogP contribution < -0.4 is 4.74 Å². The van der Waals surface area contributed by atoms with E-state index in [4.69, 9.17) is 9.47 Å². The number of hydrogen-bond donors (Lipinski definition) is 1. The van der Waals surface area contributed by atoms with Crippen molar-refractivity contribution in [3.8, 4) is 5.75 Å². The second-order valence-corrected chi connectivity index (χ2v) is 6.91. The van der Waals surface area contributed by atoms with E-state index in [1.165, 1.54) is 0 Å². The van der Waals surface area contributed by atoms with E-state index >= 15 is 0 Å². The van der Waals surface area contributed by atoms with Crippen LogP contribution in [0.4, 0.5) is 0 Å². The first kappa shape index (κ1) is 18.2. The molecule has 2 fully saturated rings. The molecule has 2 atom stereocenters. The van der Waals surface area contributed by atoms with Gasteiger partial charge in [0, 0.05) is 44.9 Å². The zero-order chi connectivity index (χ0) is 17.6. The summed E-state index contributed by atoms with van der Waals surface area (Å²) in [6.07, 6.45) is 2.02. The molecule has 2 saturated heterocycles. The van der Waals surface area contributed by atoms with Crippen LogP contribution in [0.15, 0.2) is 24.3 Å². The highest BCUT2D eigenvalue weighted by molar-refractivity contribution is 5.94. The summed E-state index contributed by atoms with van der Waals surface area (Å²) in [5.41, 5.74) is 0.688. The van der Waals surface area contributed by atoms with Crippen LogP contribution in [0, 0.1) is 0 Å². The average molecular weight is 348 g/mol. The van der Waals surface area contributed by atoms with Gasteiger partial charge in [0.25, 0.3) is 5.91 Å². The average Bonchev–Trinajstić information content (AvgIpc) is 3.13. The highest BCUT2D eigenvalue weighted by Crippen LogP contribution is 2.18. The molecular weight excluding hydrogens is 320 g/mol. The lowest BCUT2D eigenvalue weighted by Gasteiger charge is -2.35. The third-order valence-electron chi connectivity index (χ3n) is 4.74. The SMILES string of the molecule is C[C@@H](O)CN1CCN(C(=O)c2ccc(OC[C@H]3CCCO3)cc2)CC1. The first-order chi connectivity index (χ1) is 12.1. The van der Waals surface area contributed by atoms with Crippen LogP contribution in [0.2, 0.25) is 0 Å². The maximum atomic E-state index is 12.6. The third kappa shape index (κ3) is 5.17. The highest BCUT2D eigenvalue weighted by atomic mass is 16.5. The van der Waals surface area contributed by atoms with Crippen LogP contribution in [0.3, 0.4) is 0 Å². The number of carbonyl (C=O) groups excluding carboxylic acids is 1. The molecule has 2 aliphatic heterocycles. The molecule has 0 bridgehead atoms. The van der Waals surface area contributed by atoms with Gasteiger partial charge in [-0.1, -0.05) is 0 Å². The topological polar surface area (TPSA) is 62.2 Å². The molecule has 25 heavy (non-hydrogen) atoms. The predicted octanol–water partition coefficient (Wildman–Crippen LogP) is 1.38. The summed E-state index contributed by atoms with van der Waals surface area (Å²) >= 11 is 0. The molecule has 0 radical (unpaired) electrons. The van der Waals surface area contributed by atoms with Gasteiger partial charge in [0.1, 0.15) is 12.4 Å². The van der Waals surface area contributed by atoms with Crippen molar-refractivity contribution in [2.24, 2.45) is 0 Å². The van der Waals surface area contributed by atoms with Gasteiger partial charge in [0.15, 0.2) is 0 Å². The number of aliphatic hydroxyl groups is 1. The molecule has 0 aromatic heterocycles. The quantitative estimate of drug-likeness (QED) is 0.842. The molecule has 3 rings (SSSR count). The number of β-amino-alcohol motifs (C(OH)–C–C–N with tert-alkyl or cyclic N) is 1. The predicted molar refractivity (Wildman–Crippen MR) is 94.9 cm³/mol. The minimum absolute atomic E-state index is 0.0578. The summed E-state index contributed by atoms with van der Waals surface area (Å²) < 4.78 is 11.3. The minimum atomic E-state index is -0.329. The van der Waals surface area contributed by atoms with Crippen LogP contribution in [0.25, 0.3) is 0 Å². The molecule has 2 heterocycles. The third-order valence-corrected chi connectivity index (χ3v) is 4.74. The Morgan fingerprint density at radius 2 is 2.00 bits per heavy atom. The Morgan fingerprint density at radius 3 is 2.60 bits per heavy atom. The highest BCUT2D eigenvalue weighted by Gasteiger charge is 2.22. The molecule has 0 unspecified atom stereocenters. The van der Waals surface area contributed by atoms with Crippen LogP contribution >= 0.6 is 0 Å². The maximum absolute atomic E-state index is 12.6. The van der Waals surface area contributed by atoms with E-state index in [1.54, 1.807) is 6.92 Å². The van der Waals surface area contributed by atoms with E-state index in [0.29, 0.717) is 31.8 Å². The first-order valence-corrected chi connectivity index (χ1v) is 9.16. The zero-order valence-electron chi connectivity index (χ0n) is 14.9. The van der Waals surface area contributed by atoms with Gasteiger partial charge >= 0.3 is 0 Å². The van der Waals surface area contributed by atoms with Gasteiger partial charge in [-0.3, -0.25) is 9.69 Å². The van der Waals surface area contributed by atoms with Crippen molar-refractivity contribution >= 4 is 5.91 Å². The number of hydrogen-bond acceptors (Lipinski definition) is 5. The van der Waals surface area contributed by atoms with Gasteiger partial charge in [-0.15, -0.1) is 0 Å². The van der Waals surface area contributed by atoms with E-state index in [2.05, 4.69) is 4.90 Å². The van der Waals surface area contributed by atoms with E-state index in [9.17, 15) is 9.90 Å². The number of aliphatic hydroxyl groups excluding tert-OH is 1. The Bertz CT molecular complexity index is 547. The van der Waals surface area contributed by atoms with Crippen LogP contribution in [0.1, 0.15) is 30.1 Å². The lowest BCUT2D eigenvalue weighted by Crippen LogP contribution is -2.50. The molecule has 6 nitrogen and oxygen atoms in total. The summed E-state index contributed by atoms with van der Waals surface area (Å²) in [6, 6.07) is 7.36. The monoisotopic (exact) mass is 348 g/mol. The summed E-state index contributed by atoms with van der Waals surface area (Å²) in [5.74, 6) is 0.830. The van der Waals surface area contributed by atoms with Crippen molar-refractivity contribution in [2.75, 3.05) is 45.9 Å². The first-order valence-electron chi connectivity index (χ1n) is 9.16. The number of rotatable bonds is 6. The molecule has 0 saturated carbocycles. The van der Waals surface area contributed by atoms with E-state index in [-0.39, 0.29) is 18.1 Å². The molecule has 0 aliphatic carbocycles. The van der Waals surface area contributed by atoms with Gasteiger partial charge in [-0.05, 0) is 44.0 Å². The molecule has 1 aromatic rings. The Labute approximate surface area is 149 Å². The second-order valence-electron chi connectivity index (χ2n) is 6.91. The largest absolute Gasteiger partial charge is 0.491 e. The fraction of sp³-hybridized carbons (Fsp3) is 0.632. The Kier molecular flexibility index (Phi) is 6.29.